The highest BCUT2D eigenvalue weighted by Crippen LogP contribution is 2.23. The Morgan fingerprint density at radius 1 is 0.947 bits per heavy atom. The number of hydrogen-bond acceptors (Lipinski definition) is 7. The van der Waals surface area contributed by atoms with Gasteiger partial charge in [0.25, 0.3) is 0 Å². The highest BCUT2D eigenvalue weighted by Gasteiger charge is 2.20. The number of methoxy groups -OCH3 is 1. The number of amides is 1. The maximum Gasteiger partial charge on any atom is 0.416 e. The molecule has 0 aliphatic carbocycles. The minimum atomic E-state index is -1.15. The molecule has 0 saturated carbocycles. The Morgan fingerprint density at radius 2 is 1.68 bits per heavy atom. The lowest BCUT2D eigenvalue weighted by molar-refractivity contribution is -0.138. The van der Waals surface area contributed by atoms with Gasteiger partial charge < -0.3 is 23.7 Å². The molecule has 1 amide bonds. The molecule has 38 heavy (non-hydrogen) atoms. The molecule has 9 nitrogen and oxygen atoms in total. The van der Waals surface area contributed by atoms with E-state index in [2.05, 4.69) is 4.98 Å². The number of oxazole rings is 1. The molecule has 9 heteroatoms. The van der Waals surface area contributed by atoms with Gasteiger partial charge in [0, 0.05) is 18.5 Å². The molecule has 1 aromatic heterocycles. The maximum atomic E-state index is 12.7. The fraction of sp³-hybridized carbons (Fsp3) is 0.207. The average molecular weight is 517 g/mol. The molecular formula is C29H28N2O7. The lowest BCUT2D eigenvalue weighted by Crippen LogP contribution is -2.37. The zero-order valence-electron chi connectivity index (χ0n) is 21.1. The standard InChI is InChI=1S/C29H28N2O7/c1-20-26(30-28(37-20)22-8-4-3-5-9-22)15-16-36-25-10-6-7-21(17-25)18-31(19-27(32)33)29(34)38-24-13-11-23(35-2)12-14-24/h3-14,17H,15-16,18-19H2,1-2H3,(H,32,33). The van der Waals surface area contributed by atoms with Gasteiger partial charge in [-0.05, 0) is 61.0 Å². The van der Waals surface area contributed by atoms with Gasteiger partial charge in [-0.1, -0.05) is 30.3 Å². The van der Waals surface area contributed by atoms with Crippen molar-refractivity contribution >= 4 is 12.1 Å². The second-order valence-corrected chi connectivity index (χ2v) is 8.43. The Labute approximate surface area is 220 Å². The van der Waals surface area contributed by atoms with Crippen LogP contribution in [-0.4, -0.2) is 47.3 Å². The van der Waals surface area contributed by atoms with Crippen molar-refractivity contribution in [2.45, 2.75) is 19.9 Å². The molecule has 0 atom stereocenters. The number of hydrogen-bond donors (Lipinski definition) is 1. The molecule has 0 unspecified atom stereocenters. The molecule has 0 spiro atoms. The minimum absolute atomic E-state index is 0.0291. The summed E-state index contributed by atoms with van der Waals surface area (Å²) in [4.78, 5) is 29.8. The Bertz CT molecular complexity index is 1370. The third-order valence-electron chi connectivity index (χ3n) is 5.64. The SMILES string of the molecule is COc1ccc(OC(=O)N(CC(=O)O)Cc2cccc(OCCc3nc(-c4ccccc4)oc3C)c2)cc1. The van der Waals surface area contributed by atoms with Crippen LogP contribution in [0.25, 0.3) is 11.5 Å². The van der Waals surface area contributed by atoms with E-state index in [4.69, 9.17) is 18.6 Å². The number of carboxylic acid groups (broad SMARTS) is 1. The summed E-state index contributed by atoms with van der Waals surface area (Å²) in [5.41, 5.74) is 2.42. The normalized spacial score (nSPS) is 10.6. The number of aliphatic carboxylic acids is 1. The highest BCUT2D eigenvalue weighted by atomic mass is 16.6. The van der Waals surface area contributed by atoms with Gasteiger partial charge in [0.2, 0.25) is 5.89 Å². The van der Waals surface area contributed by atoms with Gasteiger partial charge in [-0.15, -0.1) is 0 Å². The Kier molecular flexibility index (Phi) is 8.61. The van der Waals surface area contributed by atoms with Crippen LogP contribution in [0.2, 0.25) is 0 Å². The average Bonchev–Trinajstić information content (AvgIpc) is 3.29. The first-order valence-corrected chi connectivity index (χ1v) is 12.0. The van der Waals surface area contributed by atoms with Crippen LogP contribution in [0.4, 0.5) is 4.79 Å². The topological polar surface area (TPSA) is 111 Å². The Balaban J connectivity index is 1.36. The molecule has 4 rings (SSSR count). The van der Waals surface area contributed by atoms with Gasteiger partial charge in [-0.2, -0.15) is 0 Å². The number of carbonyl (C=O) groups excluding carboxylic acids is 1. The van der Waals surface area contributed by atoms with Crippen molar-refractivity contribution < 1.29 is 33.3 Å². The molecule has 0 aliphatic rings. The van der Waals surface area contributed by atoms with E-state index in [1.165, 1.54) is 7.11 Å². The molecule has 1 heterocycles. The van der Waals surface area contributed by atoms with E-state index < -0.39 is 18.6 Å². The summed E-state index contributed by atoms with van der Waals surface area (Å²) in [6, 6.07) is 23.3. The third kappa shape index (κ3) is 7.13. The fourth-order valence-corrected chi connectivity index (χ4v) is 3.74. The summed E-state index contributed by atoms with van der Waals surface area (Å²) in [7, 11) is 1.53. The number of carbonyl (C=O) groups is 2. The lowest BCUT2D eigenvalue weighted by atomic mass is 10.2. The molecule has 0 saturated heterocycles. The molecule has 196 valence electrons. The van der Waals surface area contributed by atoms with Crippen LogP contribution in [-0.2, 0) is 17.8 Å². The van der Waals surface area contributed by atoms with E-state index in [0.717, 1.165) is 21.9 Å². The van der Waals surface area contributed by atoms with E-state index in [9.17, 15) is 14.7 Å². The number of aromatic nitrogens is 1. The summed E-state index contributed by atoms with van der Waals surface area (Å²) in [6.45, 7) is 1.75. The van der Waals surface area contributed by atoms with E-state index in [1.807, 2.05) is 37.3 Å². The number of rotatable bonds is 11. The van der Waals surface area contributed by atoms with Crippen LogP contribution in [0.3, 0.4) is 0 Å². The number of carboxylic acids is 1. The Morgan fingerprint density at radius 3 is 2.39 bits per heavy atom. The van der Waals surface area contributed by atoms with Gasteiger partial charge in [-0.3, -0.25) is 9.69 Å². The zero-order chi connectivity index (χ0) is 26.9. The van der Waals surface area contributed by atoms with Crippen LogP contribution >= 0.6 is 0 Å². The second kappa shape index (κ2) is 12.4. The molecular weight excluding hydrogens is 488 g/mol. The largest absolute Gasteiger partial charge is 0.497 e. The second-order valence-electron chi connectivity index (χ2n) is 8.43. The van der Waals surface area contributed by atoms with Gasteiger partial charge >= 0.3 is 12.1 Å². The third-order valence-corrected chi connectivity index (χ3v) is 5.64. The first kappa shape index (κ1) is 26.3. The number of ether oxygens (including phenoxy) is 3. The lowest BCUT2D eigenvalue weighted by Gasteiger charge is -2.20. The predicted molar refractivity (Wildman–Crippen MR) is 139 cm³/mol. The summed E-state index contributed by atoms with van der Waals surface area (Å²) in [5.74, 6) is 1.63. The van der Waals surface area contributed by atoms with Crippen LogP contribution < -0.4 is 14.2 Å². The quantitative estimate of drug-likeness (QED) is 0.283. The van der Waals surface area contributed by atoms with Crippen LogP contribution in [0.1, 0.15) is 17.0 Å². The molecule has 1 N–H and O–H groups in total. The Hall–Kier alpha value is -4.79. The summed E-state index contributed by atoms with van der Waals surface area (Å²) in [6.07, 6.45) is -0.231. The van der Waals surface area contributed by atoms with Gasteiger partial charge in [0.05, 0.1) is 19.4 Å². The van der Waals surface area contributed by atoms with Crippen molar-refractivity contribution in [2.75, 3.05) is 20.3 Å². The monoisotopic (exact) mass is 516 g/mol. The first-order valence-electron chi connectivity index (χ1n) is 12.0. The molecule has 3 aromatic carbocycles. The fourth-order valence-electron chi connectivity index (χ4n) is 3.74. The molecule has 0 aliphatic heterocycles. The van der Waals surface area contributed by atoms with Crippen molar-refractivity contribution in [2.24, 2.45) is 0 Å². The van der Waals surface area contributed by atoms with Crippen molar-refractivity contribution in [1.82, 2.24) is 9.88 Å². The summed E-state index contributed by atoms with van der Waals surface area (Å²) >= 11 is 0. The van der Waals surface area contributed by atoms with Crippen LogP contribution in [0.15, 0.2) is 83.3 Å². The maximum absolute atomic E-state index is 12.7. The van der Waals surface area contributed by atoms with E-state index in [-0.39, 0.29) is 12.3 Å². The smallest absolute Gasteiger partial charge is 0.416 e. The van der Waals surface area contributed by atoms with Gasteiger partial charge in [0.1, 0.15) is 29.6 Å². The number of benzene rings is 3. The first-order chi connectivity index (χ1) is 18.4. The zero-order valence-corrected chi connectivity index (χ0v) is 21.1. The van der Waals surface area contributed by atoms with Crippen molar-refractivity contribution in [3.63, 3.8) is 0 Å². The number of nitrogens with zero attached hydrogens (tertiary/aromatic N) is 2. The molecule has 0 radical (unpaired) electrons. The predicted octanol–water partition coefficient (Wildman–Crippen LogP) is 5.37. The summed E-state index contributed by atoms with van der Waals surface area (Å²) in [5, 5.41) is 9.32. The van der Waals surface area contributed by atoms with Crippen molar-refractivity contribution in [3.8, 4) is 28.7 Å². The molecule has 4 aromatic rings. The molecule has 0 fully saturated rings. The van der Waals surface area contributed by atoms with Gasteiger partial charge in [-0.25, -0.2) is 9.78 Å². The van der Waals surface area contributed by atoms with Crippen molar-refractivity contribution in [3.05, 3.63) is 95.9 Å². The van der Waals surface area contributed by atoms with E-state index >= 15 is 0 Å². The number of aryl methyl sites for hydroxylation is 1. The molecule has 0 bridgehead atoms. The minimum Gasteiger partial charge on any atom is -0.497 e. The van der Waals surface area contributed by atoms with Crippen LogP contribution in [0, 0.1) is 6.92 Å². The highest BCUT2D eigenvalue weighted by molar-refractivity contribution is 5.78. The van der Waals surface area contributed by atoms with Crippen LogP contribution in [0.5, 0.6) is 17.2 Å². The van der Waals surface area contributed by atoms with Crippen molar-refractivity contribution in [1.29, 1.82) is 0 Å². The van der Waals surface area contributed by atoms with Gasteiger partial charge in [0.15, 0.2) is 0 Å². The van der Waals surface area contributed by atoms with E-state index in [0.29, 0.717) is 36.0 Å². The van der Waals surface area contributed by atoms with E-state index in [1.54, 1.807) is 48.5 Å². The summed E-state index contributed by atoms with van der Waals surface area (Å²) < 4.78 is 22.2.